The minimum Gasteiger partial charge on any atom is -0.369 e. The van der Waals surface area contributed by atoms with Crippen molar-refractivity contribution in [2.45, 2.75) is 12.6 Å². The molecule has 126 valence electrons. The number of carbonyl (C=O) groups excluding carboxylic acids is 1. The fourth-order valence-electron chi connectivity index (χ4n) is 2.98. The zero-order valence-corrected chi connectivity index (χ0v) is 13.4. The molecule has 1 aromatic heterocycles. The molecule has 1 aromatic rings. The number of carbonyl (C=O) groups is 1. The summed E-state index contributed by atoms with van der Waals surface area (Å²) >= 11 is 1.85. The normalized spacial score (nSPS) is 22.5. The maximum Gasteiger partial charge on any atom is 0.433 e. The van der Waals surface area contributed by atoms with E-state index in [4.69, 9.17) is 0 Å². The standard InChI is InChI=1S/C15H18F3N3OS/c16-15(17,18)13-2-1-12(9-19-13)21-4-3-11(10-21)14(22)20-5-7-23-8-6-20/h1-2,9,11H,3-8,10H2. The second-order valence-electron chi connectivity index (χ2n) is 5.77. The summed E-state index contributed by atoms with van der Waals surface area (Å²) in [5, 5.41) is 0. The van der Waals surface area contributed by atoms with E-state index in [0.717, 1.165) is 37.1 Å². The topological polar surface area (TPSA) is 36.4 Å². The minimum absolute atomic E-state index is 0.0691. The zero-order valence-electron chi connectivity index (χ0n) is 12.6. The van der Waals surface area contributed by atoms with E-state index in [1.807, 2.05) is 21.6 Å². The van der Waals surface area contributed by atoms with Crippen LogP contribution in [-0.4, -0.2) is 53.5 Å². The van der Waals surface area contributed by atoms with Crippen molar-refractivity contribution in [2.24, 2.45) is 5.92 Å². The average molecular weight is 345 g/mol. The fraction of sp³-hybridized carbons (Fsp3) is 0.600. The number of anilines is 1. The summed E-state index contributed by atoms with van der Waals surface area (Å²) in [6.07, 6.45) is -2.44. The van der Waals surface area contributed by atoms with Crippen molar-refractivity contribution in [3.63, 3.8) is 0 Å². The summed E-state index contributed by atoms with van der Waals surface area (Å²) < 4.78 is 37.6. The van der Waals surface area contributed by atoms with Gasteiger partial charge in [-0.3, -0.25) is 4.79 Å². The van der Waals surface area contributed by atoms with Gasteiger partial charge in [-0.05, 0) is 18.6 Å². The van der Waals surface area contributed by atoms with E-state index in [-0.39, 0.29) is 11.8 Å². The summed E-state index contributed by atoms with van der Waals surface area (Å²) in [5.41, 5.74) is -0.249. The predicted molar refractivity (Wildman–Crippen MR) is 83.5 cm³/mol. The average Bonchev–Trinajstić information content (AvgIpc) is 3.04. The number of halogens is 3. The Morgan fingerprint density at radius 2 is 1.96 bits per heavy atom. The van der Waals surface area contributed by atoms with Crippen LogP contribution < -0.4 is 4.90 Å². The van der Waals surface area contributed by atoms with Gasteiger partial charge in [-0.2, -0.15) is 24.9 Å². The molecular formula is C15H18F3N3OS. The summed E-state index contributed by atoms with van der Waals surface area (Å²) in [6, 6.07) is 2.42. The molecule has 2 fully saturated rings. The molecule has 8 heteroatoms. The van der Waals surface area contributed by atoms with Gasteiger partial charge >= 0.3 is 6.18 Å². The number of thioether (sulfide) groups is 1. The van der Waals surface area contributed by atoms with Gasteiger partial charge in [-0.1, -0.05) is 0 Å². The van der Waals surface area contributed by atoms with Crippen LogP contribution in [0.5, 0.6) is 0 Å². The first-order valence-electron chi connectivity index (χ1n) is 7.60. The van der Waals surface area contributed by atoms with Crippen molar-refractivity contribution in [3.8, 4) is 0 Å². The molecular weight excluding hydrogens is 327 g/mol. The van der Waals surface area contributed by atoms with Crippen LogP contribution in [0.25, 0.3) is 0 Å². The lowest BCUT2D eigenvalue weighted by atomic mass is 10.1. The highest BCUT2D eigenvalue weighted by atomic mass is 32.2. The Kier molecular flexibility index (Phi) is 4.70. The molecule has 2 saturated heterocycles. The van der Waals surface area contributed by atoms with Gasteiger partial charge < -0.3 is 9.80 Å². The van der Waals surface area contributed by atoms with Gasteiger partial charge in [-0.25, -0.2) is 4.98 Å². The lowest BCUT2D eigenvalue weighted by molar-refractivity contribution is -0.141. The van der Waals surface area contributed by atoms with E-state index < -0.39 is 11.9 Å². The van der Waals surface area contributed by atoms with Crippen molar-refractivity contribution in [1.82, 2.24) is 9.88 Å². The number of aromatic nitrogens is 1. The van der Waals surface area contributed by atoms with Crippen molar-refractivity contribution < 1.29 is 18.0 Å². The van der Waals surface area contributed by atoms with E-state index in [0.29, 0.717) is 18.8 Å². The summed E-state index contributed by atoms with van der Waals surface area (Å²) in [4.78, 5) is 19.8. The van der Waals surface area contributed by atoms with Crippen LogP contribution in [0.4, 0.5) is 18.9 Å². The molecule has 2 aliphatic rings. The Morgan fingerprint density at radius 3 is 2.57 bits per heavy atom. The fourth-order valence-corrected chi connectivity index (χ4v) is 3.88. The number of amides is 1. The van der Waals surface area contributed by atoms with Crippen molar-refractivity contribution in [1.29, 1.82) is 0 Å². The van der Waals surface area contributed by atoms with Gasteiger partial charge in [0.1, 0.15) is 5.69 Å². The summed E-state index contributed by atoms with van der Waals surface area (Å²) in [6.45, 7) is 2.81. The third kappa shape index (κ3) is 3.73. The molecule has 0 bridgehead atoms. The quantitative estimate of drug-likeness (QED) is 0.825. The van der Waals surface area contributed by atoms with Crippen molar-refractivity contribution in [3.05, 3.63) is 24.0 Å². The molecule has 3 heterocycles. The number of pyridine rings is 1. The molecule has 2 aliphatic heterocycles. The number of alkyl halides is 3. The van der Waals surface area contributed by atoms with Crippen LogP contribution in [0.1, 0.15) is 12.1 Å². The van der Waals surface area contributed by atoms with Gasteiger partial charge in [0.2, 0.25) is 5.91 Å². The molecule has 4 nitrogen and oxygen atoms in total. The van der Waals surface area contributed by atoms with Crippen LogP contribution in [0, 0.1) is 5.92 Å². The molecule has 0 aromatic carbocycles. The third-order valence-corrected chi connectivity index (χ3v) is 5.21. The number of hydrogen-bond acceptors (Lipinski definition) is 4. The van der Waals surface area contributed by atoms with E-state index in [2.05, 4.69) is 4.98 Å². The molecule has 1 unspecified atom stereocenters. The minimum atomic E-state index is -4.42. The highest BCUT2D eigenvalue weighted by Gasteiger charge is 2.34. The lowest BCUT2D eigenvalue weighted by Crippen LogP contribution is -2.42. The summed E-state index contributed by atoms with van der Waals surface area (Å²) in [5.74, 6) is 2.06. The zero-order chi connectivity index (χ0) is 16.4. The second-order valence-corrected chi connectivity index (χ2v) is 6.99. The van der Waals surface area contributed by atoms with Gasteiger partial charge in [0.15, 0.2) is 0 Å². The highest BCUT2D eigenvalue weighted by Crippen LogP contribution is 2.30. The molecule has 0 saturated carbocycles. The van der Waals surface area contributed by atoms with Gasteiger partial charge in [-0.15, -0.1) is 0 Å². The van der Waals surface area contributed by atoms with Crippen molar-refractivity contribution in [2.75, 3.05) is 42.6 Å². The van der Waals surface area contributed by atoms with E-state index in [1.54, 1.807) is 0 Å². The molecule has 0 aliphatic carbocycles. The molecule has 0 spiro atoms. The Balaban J connectivity index is 1.62. The Bertz CT molecular complexity index is 558. The molecule has 0 radical (unpaired) electrons. The first-order chi connectivity index (χ1) is 10.9. The SMILES string of the molecule is O=C(C1CCN(c2ccc(C(F)(F)F)nc2)C1)N1CCSCC1. The number of nitrogens with zero attached hydrogens (tertiary/aromatic N) is 3. The van der Waals surface area contributed by atoms with Gasteiger partial charge in [0.05, 0.1) is 17.8 Å². The summed E-state index contributed by atoms with van der Waals surface area (Å²) in [7, 11) is 0. The number of hydrogen-bond donors (Lipinski definition) is 0. The van der Waals surface area contributed by atoms with E-state index in [9.17, 15) is 18.0 Å². The largest absolute Gasteiger partial charge is 0.433 e. The smallest absolute Gasteiger partial charge is 0.369 e. The Labute approximate surface area is 137 Å². The van der Waals surface area contributed by atoms with Crippen LogP contribution >= 0.6 is 11.8 Å². The molecule has 23 heavy (non-hydrogen) atoms. The maximum absolute atomic E-state index is 12.5. The highest BCUT2D eigenvalue weighted by molar-refractivity contribution is 7.99. The monoisotopic (exact) mass is 345 g/mol. The number of rotatable bonds is 2. The van der Waals surface area contributed by atoms with E-state index >= 15 is 0 Å². The lowest BCUT2D eigenvalue weighted by Gasteiger charge is -2.29. The maximum atomic E-state index is 12.5. The third-order valence-electron chi connectivity index (χ3n) is 4.26. The Hall–Kier alpha value is -1.44. The molecule has 3 rings (SSSR count). The van der Waals surface area contributed by atoms with E-state index in [1.165, 1.54) is 12.3 Å². The predicted octanol–water partition coefficient (Wildman–Crippen LogP) is 2.50. The Morgan fingerprint density at radius 1 is 1.22 bits per heavy atom. The van der Waals surface area contributed by atoms with Crippen molar-refractivity contribution >= 4 is 23.4 Å². The molecule has 1 amide bonds. The van der Waals surface area contributed by atoms with Gasteiger partial charge in [0, 0.05) is 37.7 Å². The van der Waals surface area contributed by atoms with Crippen LogP contribution in [0.15, 0.2) is 18.3 Å². The van der Waals surface area contributed by atoms with Gasteiger partial charge in [0.25, 0.3) is 0 Å². The second kappa shape index (κ2) is 6.59. The molecule has 0 N–H and O–H groups in total. The van der Waals surface area contributed by atoms with Crippen LogP contribution in [-0.2, 0) is 11.0 Å². The van der Waals surface area contributed by atoms with Crippen LogP contribution in [0.2, 0.25) is 0 Å². The van der Waals surface area contributed by atoms with Crippen LogP contribution in [0.3, 0.4) is 0 Å². The molecule has 1 atom stereocenters. The first-order valence-corrected chi connectivity index (χ1v) is 8.75. The first kappa shape index (κ1) is 16.4.